The van der Waals surface area contributed by atoms with Crippen molar-refractivity contribution in [2.24, 2.45) is 0 Å². The number of rotatable bonds is 7. The Balaban J connectivity index is 1.62. The standard InChI is InChI=1S/C23H24N2O6/c1-30-23(29)18-9-7-17(8-10-18)22(28)25-13-12-24-21(27)19(25)15-20(26)31-14-11-16-5-3-2-4-6-16/h2-10,19H,11-15H2,1H3,(H,24,27). The molecule has 1 aliphatic heterocycles. The Morgan fingerprint density at radius 1 is 1.03 bits per heavy atom. The van der Waals surface area contributed by atoms with E-state index >= 15 is 0 Å². The molecule has 8 heteroatoms. The van der Waals surface area contributed by atoms with Crippen LogP contribution in [0, 0.1) is 0 Å². The fraction of sp³-hybridized carbons (Fsp3) is 0.304. The zero-order valence-electron chi connectivity index (χ0n) is 17.2. The Kier molecular flexibility index (Phi) is 7.37. The summed E-state index contributed by atoms with van der Waals surface area (Å²) >= 11 is 0. The molecular formula is C23H24N2O6. The van der Waals surface area contributed by atoms with Crippen LogP contribution in [0.1, 0.15) is 32.7 Å². The van der Waals surface area contributed by atoms with Crippen molar-refractivity contribution in [3.8, 4) is 0 Å². The van der Waals surface area contributed by atoms with E-state index in [2.05, 4.69) is 10.1 Å². The lowest BCUT2D eigenvalue weighted by Gasteiger charge is -2.34. The van der Waals surface area contributed by atoms with Crippen molar-refractivity contribution in [1.29, 1.82) is 0 Å². The SMILES string of the molecule is COC(=O)c1ccc(C(=O)N2CCNC(=O)C2CC(=O)OCCc2ccccc2)cc1. The van der Waals surface area contributed by atoms with Gasteiger partial charge in [0.15, 0.2) is 0 Å². The van der Waals surface area contributed by atoms with E-state index in [1.165, 1.54) is 36.3 Å². The Hall–Kier alpha value is -3.68. The first kappa shape index (κ1) is 22.0. The number of ether oxygens (including phenoxy) is 2. The van der Waals surface area contributed by atoms with E-state index in [4.69, 9.17) is 4.74 Å². The van der Waals surface area contributed by atoms with Crippen LogP contribution in [0.4, 0.5) is 0 Å². The maximum absolute atomic E-state index is 13.0. The van der Waals surface area contributed by atoms with Gasteiger partial charge in [0.1, 0.15) is 6.04 Å². The molecule has 0 spiro atoms. The predicted octanol–water partition coefficient (Wildman–Crippen LogP) is 1.59. The third kappa shape index (κ3) is 5.69. The Morgan fingerprint density at radius 2 is 1.71 bits per heavy atom. The lowest BCUT2D eigenvalue weighted by Crippen LogP contribution is -2.57. The number of amides is 2. The minimum absolute atomic E-state index is 0.195. The summed E-state index contributed by atoms with van der Waals surface area (Å²) in [7, 11) is 1.28. The zero-order valence-corrected chi connectivity index (χ0v) is 17.2. The highest BCUT2D eigenvalue weighted by molar-refractivity contribution is 6.00. The third-order valence-electron chi connectivity index (χ3n) is 5.00. The quantitative estimate of drug-likeness (QED) is 0.678. The van der Waals surface area contributed by atoms with Crippen LogP contribution in [0.15, 0.2) is 54.6 Å². The number of nitrogens with zero attached hydrogens (tertiary/aromatic N) is 1. The van der Waals surface area contributed by atoms with Crippen LogP contribution < -0.4 is 5.32 Å². The topological polar surface area (TPSA) is 102 Å². The summed E-state index contributed by atoms with van der Waals surface area (Å²) in [5, 5.41) is 2.69. The average Bonchev–Trinajstić information content (AvgIpc) is 2.80. The fourth-order valence-electron chi connectivity index (χ4n) is 3.34. The van der Waals surface area contributed by atoms with Gasteiger partial charge in [0.2, 0.25) is 5.91 Å². The molecule has 31 heavy (non-hydrogen) atoms. The van der Waals surface area contributed by atoms with E-state index < -0.39 is 29.8 Å². The van der Waals surface area contributed by atoms with Crippen LogP contribution in [-0.4, -0.2) is 61.5 Å². The minimum Gasteiger partial charge on any atom is -0.465 e. The molecule has 0 aromatic heterocycles. The van der Waals surface area contributed by atoms with Crippen LogP contribution in [-0.2, 0) is 25.5 Å². The van der Waals surface area contributed by atoms with Gasteiger partial charge >= 0.3 is 11.9 Å². The van der Waals surface area contributed by atoms with Gasteiger partial charge in [-0.2, -0.15) is 0 Å². The average molecular weight is 424 g/mol. The second kappa shape index (κ2) is 10.4. The van der Waals surface area contributed by atoms with Gasteiger partial charge in [-0.3, -0.25) is 14.4 Å². The monoisotopic (exact) mass is 424 g/mol. The molecule has 0 saturated carbocycles. The summed E-state index contributed by atoms with van der Waals surface area (Å²) in [6.07, 6.45) is 0.339. The van der Waals surface area contributed by atoms with Crippen molar-refractivity contribution in [3.63, 3.8) is 0 Å². The molecule has 1 aliphatic rings. The van der Waals surface area contributed by atoms with Crippen molar-refractivity contribution < 1.29 is 28.7 Å². The highest BCUT2D eigenvalue weighted by atomic mass is 16.5. The van der Waals surface area contributed by atoms with Gasteiger partial charge in [-0.1, -0.05) is 30.3 Å². The zero-order chi connectivity index (χ0) is 22.2. The second-order valence-electron chi connectivity index (χ2n) is 7.03. The van der Waals surface area contributed by atoms with Crippen LogP contribution in [0.2, 0.25) is 0 Å². The van der Waals surface area contributed by atoms with Crippen LogP contribution in [0.5, 0.6) is 0 Å². The number of carbonyl (C=O) groups is 4. The van der Waals surface area contributed by atoms with E-state index in [0.29, 0.717) is 24.1 Å². The number of benzene rings is 2. The maximum Gasteiger partial charge on any atom is 0.337 e. The number of carbonyl (C=O) groups excluding carboxylic acids is 4. The summed E-state index contributed by atoms with van der Waals surface area (Å²) in [4.78, 5) is 50.6. The highest BCUT2D eigenvalue weighted by Gasteiger charge is 2.35. The molecule has 8 nitrogen and oxygen atoms in total. The number of hydrogen-bond donors (Lipinski definition) is 1. The molecule has 1 unspecified atom stereocenters. The van der Waals surface area contributed by atoms with E-state index in [-0.39, 0.29) is 19.6 Å². The second-order valence-corrected chi connectivity index (χ2v) is 7.03. The number of esters is 2. The Labute approximate surface area is 180 Å². The first-order valence-electron chi connectivity index (χ1n) is 9.96. The van der Waals surface area contributed by atoms with Gasteiger partial charge in [0.25, 0.3) is 5.91 Å². The summed E-state index contributed by atoms with van der Waals surface area (Å²) < 4.78 is 9.93. The normalized spacial score (nSPS) is 15.7. The predicted molar refractivity (Wildman–Crippen MR) is 111 cm³/mol. The van der Waals surface area contributed by atoms with Crippen LogP contribution in [0.3, 0.4) is 0 Å². The summed E-state index contributed by atoms with van der Waals surface area (Å²) in [6.45, 7) is 0.760. The number of hydrogen-bond acceptors (Lipinski definition) is 6. The van der Waals surface area contributed by atoms with Crippen LogP contribution in [0.25, 0.3) is 0 Å². The van der Waals surface area contributed by atoms with Crippen molar-refractivity contribution in [2.75, 3.05) is 26.8 Å². The van der Waals surface area contributed by atoms with Gasteiger partial charge < -0.3 is 19.7 Å². The molecule has 1 heterocycles. The number of methoxy groups -OCH3 is 1. The molecule has 2 aromatic carbocycles. The molecule has 1 atom stereocenters. The number of piperazine rings is 1. The van der Waals surface area contributed by atoms with E-state index in [0.717, 1.165) is 5.56 Å². The highest BCUT2D eigenvalue weighted by Crippen LogP contribution is 2.16. The van der Waals surface area contributed by atoms with E-state index in [9.17, 15) is 19.2 Å². The van der Waals surface area contributed by atoms with E-state index in [1.54, 1.807) is 0 Å². The summed E-state index contributed by atoms with van der Waals surface area (Å²) in [5.41, 5.74) is 1.66. The minimum atomic E-state index is -0.953. The third-order valence-corrected chi connectivity index (χ3v) is 5.00. The van der Waals surface area contributed by atoms with E-state index in [1.807, 2.05) is 30.3 Å². The Morgan fingerprint density at radius 3 is 2.39 bits per heavy atom. The molecule has 2 aromatic rings. The fourth-order valence-corrected chi connectivity index (χ4v) is 3.34. The summed E-state index contributed by atoms with van der Waals surface area (Å²) in [6, 6.07) is 14.6. The van der Waals surface area contributed by atoms with Crippen molar-refractivity contribution in [3.05, 3.63) is 71.3 Å². The lowest BCUT2D eigenvalue weighted by atomic mass is 10.1. The van der Waals surface area contributed by atoms with Crippen molar-refractivity contribution >= 4 is 23.8 Å². The molecule has 0 aliphatic carbocycles. The smallest absolute Gasteiger partial charge is 0.337 e. The lowest BCUT2D eigenvalue weighted by molar-refractivity contribution is -0.147. The molecule has 162 valence electrons. The molecular weight excluding hydrogens is 400 g/mol. The first-order valence-corrected chi connectivity index (χ1v) is 9.96. The summed E-state index contributed by atoms with van der Waals surface area (Å²) in [5.74, 6) is -1.84. The van der Waals surface area contributed by atoms with Crippen LogP contribution >= 0.6 is 0 Å². The molecule has 1 saturated heterocycles. The maximum atomic E-state index is 13.0. The molecule has 1 N–H and O–H groups in total. The number of nitrogens with one attached hydrogen (secondary N) is 1. The molecule has 3 rings (SSSR count). The molecule has 1 fully saturated rings. The largest absolute Gasteiger partial charge is 0.465 e. The molecule has 2 amide bonds. The van der Waals surface area contributed by atoms with Gasteiger partial charge in [0, 0.05) is 25.1 Å². The molecule has 0 bridgehead atoms. The van der Waals surface area contributed by atoms with Gasteiger partial charge in [-0.25, -0.2) is 4.79 Å². The Bertz CT molecular complexity index is 942. The van der Waals surface area contributed by atoms with Gasteiger partial charge in [-0.05, 0) is 29.8 Å². The van der Waals surface area contributed by atoms with Crippen molar-refractivity contribution in [1.82, 2.24) is 10.2 Å². The van der Waals surface area contributed by atoms with Gasteiger partial charge in [0.05, 0.1) is 25.7 Å². The molecule has 0 radical (unpaired) electrons. The first-order chi connectivity index (χ1) is 15.0. The van der Waals surface area contributed by atoms with Gasteiger partial charge in [-0.15, -0.1) is 0 Å². The van der Waals surface area contributed by atoms with Crippen molar-refractivity contribution in [2.45, 2.75) is 18.9 Å².